The molecule has 3 aromatic rings. The van der Waals surface area contributed by atoms with Crippen LogP contribution in [0.4, 0.5) is 0 Å². The van der Waals surface area contributed by atoms with E-state index in [1.54, 1.807) is 18.3 Å². The van der Waals surface area contributed by atoms with Gasteiger partial charge in [-0.25, -0.2) is 0 Å². The summed E-state index contributed by atoms with van der Waals surface area (Å²) < 4.78 is 2.10. The van der Waals surface area contributed by atoms with Crippen molar-refractivity contribution in [1.29, 1.82) is 0 Å². The number of rotatable bonds is 3. The van der Waals surface area contributed by atoms with Gasteiger partial charge in [-0.1, -0.05) is 17.7 Å². The molecule has 1 atom stereocenters. The zero-order valence-corrected chi connectivity index (χ0v) is 13.9. The number of halogens is 1. The molecular formula is C17H16ClN5O. The number of hydrogen-bond donors (Lipinski definition) is 1. The average molecular weight is 342 g/mol. The van der Waals surface area contributed by atoms with Crippen molar-refractivity contribution in [1.82, 2.24) is 25.1 Å². The van der Waals surface area contributed by atoms with Gasteiger partial charge in [0.15, 0.2) is 0 Å². The summed E-state index contributed by atoms with van der Waals surface area (Å²) >= 11 is 6.26. The topological polar surface area (TPSA) is 72.7 Å². The van der Waals surface area contributed by atoms with Crippen molar-refractivity contribution in [3.05, 3.63) is 52.7 Å². The lowest BCUT2D eigenvalue weighted by Crippen LogP contribution is -2.30. The molecule has 7 heteroatoms. The summed E-state index contributed by atoms with van der Waals surface area (Å²) in [7, 11) is 0. The minimum Gasteiger partial charge on any atom is -0.352 e. The van der Waals surface area contributed by atoms with Crippen LogP contribution in [-0.4, -0.2) is 32.2 Å². The molecule has 1 unspecified atom stereocenters. The van der Waals surface area contributed by atoms with Crippen LogP contribution in [0.5, 0.6) is 0 Å². The predicted octanol–water partition coefficient (Wildman–Crippen LogP) is 2.39. The molecule has 0 radical (unpaired) electrons. The van der Waals surface area contributed by atoms with Crippen molar-refractivity contribution in [3.8, 4) is 0 Å². The summed E-state index contributed by atoms with van der Waals surface area (Å²) in [5, 5.41) is 12.4. The highest BCUT2D eigenvalue weighted by Gasteiger charge is 2.25. The summed E-state index contributed by atoms with van der Waals surface area (Å²) in [4.78, 5) is 16.9. The molecule has 4 rings (SSSR count). The van der Waals surface area contributed by atoms with Gasteiger partial charge in [-0.2, -0.15) is 0 Å². The summed E-state index contributed by atoms with van der Waals surface area (Å²) in [5.74, 6) is 2.06. The number of fused-ring (bicyclic) bond motifs is 2. The van der Waals surface area contributed by atoms with E-state index in [0.717, 1.165) is 35.5 Å². The number of hydrogen-bond acceptors (Lipinski definition) is 4. The molecule has 0 saturated heterocycles. The zero-order chi connectivity index (χ0) is 16.7. The van der Waals surface area contributed by atoms with E-state index in [0.29, 0.717) is 23.0 Å². The van der Waals surface area contributed by atoms with Gasteiger partial charge in [0.25, 0.3) is 5.91 Å². The Kier molecular flexibility index (Phi) is 3.69. The van der Waals surface area contributed by atoms with Gasteiger partial charge in [-0.15, -0.1) is 10.2 Å². The molecule has 0 saturated carbocycles. The van der Waals surface area contributed by atoms with Crippen LogP contribution in [0.2, 0.25) is 5.02 Å². The average Bonchev–Trinajstić information content (AvgIpc) is 3.14. The van der Waals surface area contributed by atoms with Gasteiger partial charge in [0.1, 0.15) is 11.6 Å². The van der Waals surface area contributed by atoms with Crippen molar-refractivity contribution in [2.45, 2.75) is 19.9 Å². The van der Waals surface area contributed by atoms with Crippen molar-refractivity contribution in [3.63, 3.8) is 0 Å². The Bertz CT molecular complexity index is 936. The van der Waals surface area contributed by atoms with Gasteiger partial charge < -0.3 is 9.88 Å². The summed E-state index contributed by atoms with van der Waals surface area (Å²) in [5.41, 5.74) is 1.24. The quantitative estimate of drug-likeness (QED) is 0.794. The van der Waals surface area contributed by atoms with Crippen LogP contribution in [-0.2, 0) is 13.0 Å². The van der Waals surface area contributed by atoms with Crippen LogP contribution in [0, 0.1) is 12.8 Å². The van der Waals surface area contributed by atoms with Gasteiger partial charge in [-0.05, 0) is 25.1 Å². The van der Waals surface area contributed by atoms with Crippen molar-refractivity contribution in [2.24, 2.45) is 5.92 Å². The molecule has 1 aliphatic rings. The van der Waals surface area contributed by atoms with Crippen LogP contribution in [0.15, 0.2) is 30.5 Å². The first-order chi connectivity index (χ1) is 11.6. The van der Waals surface area contributed by atoms with Gasteiger partial charge in [0.05, 0.1) is 16.1 Å². The molecule has 1 aliphatic heterocycles. The zero-order valence-electron chi connectivity index (χ0n) is 13.2. The first-order valence-electron chi connectivity index (χ1n) is 7.83. The fourth-order valence-electron chi connectivity index (χ4n) is 3.21. The van der Waals surface area contributed by atoms with Gasteiger partial charge in [0, 0.05) is 37.0 Å². The lowest BCUT2D eigenvalue weighted by Gasteiger charge is -2.13. The van der Waals surface area contributed by atoms with E-state index in [-0.39, 0.29) is 5.91 Å². The van der Waals surface area contributed by atoms with Crippen LogP contribution in [0.1, 0.15) is 22.0 Å². The van der Waals surface area contributed by atoms with Crippen LogP contribution in [0.25, 0.3) is 10.9 Å². The SMILES string of the molecule is Cc1nnc2n1CC(CNC(=O)c1c(Cl)ccc3ncccc13)C2. The number of carbonyl (C=O) groups excluding carboxylic acids is 1. The second-order valence-electron chi connectivity index (χ2n) is 6.05. The Hall–Kier alpha value is -2.47. The maximum absolute atomic E-state index is 12.7. The first-order valence-corrected chi connectivity index (χ1v) is 8.21. The minimum atomic E-state index is -0.169. The third kappa shape index (κ3) is 2.53. The fourth-order valence-corrected chi connectivity index (χ4v) is 3.46. The predicted molar refractivity (Wildman–Crippen MR) is 91.0 cm³/mol. The van der Waals surface area contributed by atoms with Gasteiger partial charge >= 0.3 is 0 Å². The smallest absolute Gasteiger partial charge is 0.253 e. The molecule has 122 valence electrons. The highest BCUT2D eigenvalue weighted by atomic mass is 35.5. The summed E-state index contributed by atoms with van der Waals surface area (Å²) in [6.07, 6.45) is 2.53. The molecule has 0 spiro atoms. The lowest BCUT2D eigenvalue weighted by molar-refractivity contribution is 0.0948. The summed E-state index contributed by atoms with van der Waals surface area (Å²) in [6, 6.07) is 7.21. The van der Waals surface area contributed by atoms with Crippen LogP contribution in [0.3, 0.4) is 0 Å². The maximum atomic E-state index is 12.7. The lowest BCUT2D eigenvalue weighted by atomic mass is 10.1. The Morgan fingerprint density at radius 3 is 3.08 bits per heavy atom. The van der Waals surface area contributed by atoms with Crippen LogP contribution >= 0.6 is 11.6 Å². The molecule has 0 fully saturated rings. The highest BCUT2D eigenvalue weighted by Crippen LogP contribution is 2.25. The Balaban J connectivity index is 1.51. The van der Waals surface area contributed by atoms with E-state index in [1.807, 2.05) is 19.1 Å². The van der Waals surface area contributed by atoms with Gasteiger partial charge in [0.2, 0.25) is 0 Å². The molecule has 1 amide bonds. The largest absolute Gasteiger partial charge is 0.352 e. The third-order valence-electron chi connectivity index (χ3n) is 4.44. The molecule has 1 aromatic carbocycles. The number of nitrogens with zero attached hydrogens (tertiary/aromatic N) is 4. The van der Waals surface area contributed by atoms with Crippen LogP contribution < -0.4 is 5.32 Å². The second-order valence-corrected chi connectivity index (χ2v) is 6.45. The molecule has 0 aliphatic carbocycles. The first kappa shape index (κ1) is 15.1. The number of benzene rings is 1. The molecular weight excluding hydrogens is 326 g/mol. The van der Waals surface area contributed by atoms with E-state index < -0.39 is 0 Å². The Labute approximate surface area is 143 Å². The molecule has 0 bridgehead atoms. The van der Waals surface area contributed by atoms with E-state index in [2.05, 4.69) is 25.1 Å². The fraction of sp³-hybridized carbons (Fsp3) is 0.294. The minimum absolute atomic E-state index is 0.169. The standard InChI is InChI=1S/C17H16ClN5O/c1-10-21-22-15-7-11(9-23(10)15)8-20-17(24)16-12-3-2-6-19-14(12)5-4-13(16)18/h2-6,11H,7-9H2,1H3,(H,20,24). The molecule has 3 heterocycles. The van der Waals surface area contributed by atoms with Crippen molar-refractivity contribution >= 4 is 28.4 Å². The number of aromatic nitrogens is 4. The highest BCUT2D eigenvalue weighted by molar-refractivity contribution is 6.35. The van der Waals surface area contributed by atoms with Gasteiger partial charge in [-0.3, -0.25) is 9.78 Å². The van der Waals surface area contributed by atoms with E-state index in [1.165, 1.54) is 0 Å². The number of pyridine rings is 1. The second kappa shape index (κ2) is 5.87. The number of aryl methyl sites for hydroxylation is 1. The maximum Gasteiger partial charge on any atom is 0.253 e. The Morgan fingerprint density at radius 2 is 2.25 bits per heavy atom. The number of carbonyl (C=O) groups is 1. The van der Waals surface area contributed by atoms with Crippen molar-refractivity contribution < 1.29 is 4.79 Å². The third-order valence-corrected chi connectivity index (χ3v) is 4.75. The van der Waals surface area contributed by atoms with E-state index in [9.17, 15) is 4.79 Å². The normalized spacial score (nSPS) is 16.3. The van der Waals surface area contributed by atoms with E-state index >= 15 is 0 Å². The monoisotopic (exact) mass is 341 g/mol. The molecule has 1 N–H and O–H groups in total. The number of nitrogens with one attached hydrogen (secondary N) is 1. The molecule has 6 nitrogen and oxygen atoms in total. The summed E-state index contributed by atoms with van der Waals surface area (Å²) in [6.45, 7) is 3.36. The van der Waals surface area contributed by atoms with Crippen molar-refractivity contribution in [2.75, 3.05) is 6.54 Å². The Morgan fingerprint density at radius 1 is 1.38 bits per heavy atom. The van der Waals surface area contributed by atoms with E-state index in [4.69, 9.17) is 11.6 Å². The molecule has 24 heavy (non-hydrogen) atoms. The number of amides is 1. The molecule has 2 aromatic heterocycles.